The second-order valence-corrected chi connectivity index (χ2v) is 14.7. The first-order chi connectivity index (χ1) is 18.5. The first kappa shape index (κ1) is 30.0. The molecule has 0 radical (unpaired) electrons. The number of carbonyl (C=O) groups excluding carboxylic acids is 2. The molecule has 0 bridgehead atoms. The Hall–Kier alpha value is -2.93. The first-order valence-electron chi connectivity index (χ1n) is 13.2. The predicted octanol–water partition coefficient (Wildman–Crippen LogP) is 5.74. The number of benzene rings is 1. The van der Waals surface area contributed by atoms with Gasteiger partial charge in [0.15, 0.2) is 5.82 Å². The van der Waals surface area contributed by atoms with Gasteiger partial charge in [-0.2, -0.15) is 0 Å². The Kier molecular flexibility index (Phi) is 8.12. The van der Waals surface area contributed by atoms with E-state index in [0.29, 0.717) is 35.1 Å². The van der Waals surface area contributed by atoms with E-state index in [0.717, 1.165) is 24.2 Å². The van der Waals surface area contributed by atoms with Crippen LogP contribution >= 0.6 is 11.3 Å². The largest absolute Gasteiger partial charge is 0.444 e. The van der Waals surface area contributed by atoms with E-state index in [-0.39, 0.29) is 17.8 Å². The lowest BCUT2D eigenvalue weighted by Crippen LogP contribution is -2.41. The van der Waals surface area contributed by atoms with Crippen molar-refractivity contribution in [2.24, 2.45) is 0 Å². The molecule has 1 aliphatic heterocycles. The maximum Gasteiger partial charge on any atom is 0.430 e. The van der Waals surface area contributed by atoms with Crippen LogP contribution in [-0.2, 0) is 19.5 Å². The second kappa shape index (κ2) is 10.8. The highest BCUT2D eigenvalue weighted by atomic mass is 32.2. The Bertz CT molecular complexity index is 1360. The number of sulfonamides is 1. The second-order valence-electron chi connectivity index (χ2n) is 12.2. The first-order valence-corrected chi connectivity index (χ1v) is 15.6. The number of rotatable bonds is 6. The average molecular weight is 597 g/mol. The molecule has 0 N–H and O–H groups in total. The van der Waals surface area contributed by atoms with Gasteiger partial charge in [-0.1, -0.05) is 0 Å². The minimum atomic E-state index is -4.71. The van der Waals surface area contributed by atoms with E-state index in [1.54, 1.807) is 25.7 Å². The topological polar surface area (TPSA) is 109 Å². The van der Waals surface area contributed by atoms with Crippen molar-refractivity contribution in [3.05, 3.63) is 34.4 Å². The van der Waals surface area contributed by atoms with E-state index in [4.69, 9.17) is 9.47 Å². The Morgan fingerprint density at radius 2 is 1.73 bits per heavy atom. The van der Waals surface area contributed by atoms with Gasteiger partial charge in [-0.25, -0.2) is 27.4 Å². The van der Waals surface area contributed by atoms with E-state index in [9.17, 15) is 18.0 Å². The highest BCUT2D eigenvalue weighted by Crippen LogP contribution is 2.46. The van der Waals surface area contributed by atoms with E-state index in [2.05, 4.69) is 4.98 Å². The summed E-state index contributed by atoms with van der Waals surface area (Å²) in [5.74, 6) is -1.09. The lowest BCUT2D eigenvalue weighted by atomic mass is 10.1. The normalized spacial score (nSPS) is 18.0. The molecule has 1 aromatic heterocycles. The van der Waals surface area contributed by atoms with Crippen molar-refractivity contribution in [2.75, 3.05) is 29.3 Å². The molecule has 4 rings (SSSR count). The smallest absolute Gasteiger partial charge is 0.430 e. The fourth-order valence-corrected chi connectivity index (χ4v) is 6.49. The molecule has 2 heterocycles. The number of aromatic nitrogens is 1. The molecule has 2 aromatic rings. The lowest BCUT2D eigenvalue weighted by Gasteiger charge is -2.30. The third-order valence-electron chi connectivity index (χ3n) is 6.55. The maximum atomic E-state index is 15.8. The SMILES string of the molecule is CN(c1cc(F)c(S(=O)(=O)N(C(=O)OC(C)(C)C)c2cscn2)cc1C1CC1)C1CCN(C(=O)OC(C)(C)C)C1. The van der Waals surface area contributed by atoms with Gasteiger partial charge in [-0.3, -0.25) is 0 Å². The molecule has 220 valence electrons. The standard InChI is InChI=1S/C27H37FN4O6S2/c1-26(2,3)37-24(33)31-11-10-18(14-31)30(7)21-13-20(28)22(12-19(21)17-8-9-17)40(35,36)32(23-15-39-16-29-23)25(34)38-27(4,5)6/h12-13,15-18H,8-11,14H2,1-7H3. The van der Waals surface area contributed by atoms with Gasteiger partial charge in [0, 0.05) is 37.2 Å². The van der Waals surface area contributed by atoms with Crippen LogP contribution < -0.4 is 9.21 Å². The quantitative estimate of drug-likeness (QED) is 0.416. The molecule has 1 atom stereocenters. The summed E-state index contributed by atoms with van der Waals surface area (Å²) in [6.07, 6.45) is 0.755. The zero-order valence-electron chi connectivity index (χ0n) is 23.9. The fraction of sp³-hybridized carbons (Fsp3) is 0.593. The monoisotopic (exact) mass is 596 g/mol. The van der Waals surface area contributed by atoms with Crippen LogP contribution in [-0.4, -0.2) is 67.9 Å². The minimum Gasteiger partial charge on any atom is -0.444 e. The van der Waals surface area contributed by atoms with Crippen molar-refractivity contribution in [1.82, 2.24) is 9.88 Å². The Morgan fingerprint density at radius 1 is 1.07 bits per heavy atom. The van der Waals surface area contributed by atoms with Crippen LogP contribution in [0.25, 0.3) is 0 Å². The number of carbonyl (C=O) groups is 2. The summed E-state index contributed by atoms with van der Waals surface area (Å²) in [7, 11) is -2.89. The third-order valence-corrected chi connectivity index (χ3v) is 8.81. The number of thiazole rings is 1. The van der Waals surface area contributed by atoms with E-state index >= 15 is 4.39 Å². The summed E-state index contributed by atoms with van der Waals surface area (Å²) in [5.41, 5.74) is 1.03. The van der Waals surface area contributed by atoms with Crippen molar-refractivity contribution in [3.8, 4) is 0 Å². The number of halogens is 1. The number of ether oxygens (including phenoxy) is 2. The van der Waals surface area contributed by atoms with Crippen LogP contribution in [0, 0.1) is 5.82 Å². The number of nitrogens with zero attached hydrogens (tertiary/aromatic N) is 4. The molecule has 1 saturated heterocycles. The minimum absolute atomic E-state index is 0.0598. The molecule has 1 aromatic carbocycles. The lowest BCUT2D eigenvalue weighted by molar-refractivity contribution is 0.0292. The zero-order chi connectivity index (χ0) is 29.6. The highest BCUT2D eigenvalue weighted by Gasteiger charge is 2.40. The number of amides is 2. The molecule has 0 spiro atoms. The van der Waals surface area contributed by atoms with Gasteiger partial charge in [0.1, 0.15) is 21.9 Å². The fourth-order valence-electron chi connectivity index (χ4n) is 4.55. The number of hydrogen-bond donors (Lipinski definition) is 0. The van der Waals surface area contributed by atoms with Crippen molar-refractivity contribution < 1.29 is 31.9 Å². The highest BCUT2D eigenvalue weighted by molar-refractivity contribution is 7.93. The molecule has 2 amide bonds. The van der Waals surface area contributed by atoms with E-state index in [1.807, 2.05) is 32.7 Å². The van der Waals surface area contributed by atoms with Crippen LogP contribution in [0.3, 0.4) is 0 Å². The summed E-state index contributed by atoms with van der Waals surface area (Å²) < 4.78 is 54.7. The summed E-state index contributed by atoms with van der Waals surface area (Å²) >= 11 is 1.10. The van der Waals surface area contributed by atoms with Gasteiger partial charge in [-0.05, 0) is 84.4 Å². The van der Waals surface area contributed by atoms with Crippen LogP contribution in [0.4, 0.5) is 25.5 Å². The van der Waals surface area contributed by atoms with Crippen LogP contribution in [0.15, 0.2) is 27.9 Å². The number of likely N-dealkylation sites (N-methyl/N-ethyl adjacent to an activating group) is 1. The average Bonchev–Trinajstić information content (AvgIpc) is 3.29. The molecule has 1 aliphatic carbocycles. The molecular weight excluding hydrogens is 559 g/mol. The van der Waals surface area contributed by atoms with Crippen molar-refractivity contribution in [2.45, 2.75) is 88.9 Å². The van der Waals surface area contributed by atoms with Gasteiger partial charge in [-0.15, -0.1) is 15.6 Å². The predicted molar refractivity (Wildman–Crippen MR) is 151 cm³/mol. The Labute approximate surface area is 239 Å². The van der Waals surface area contributed by atoms with Gasteiger partial charge in [0.25, 0.3) is 10.0 Å². The molecule has 2 fully saturated rings. The molecule has 10 nitrogen and oxygen atoms in total. The summed E-state index contributed by atoms with van der Waals surface area (Å²) in [6, 6.07) is 2.43. The van der Waals surface area contributed by atoms with Crippen molar-refractivity contribution in [1.29, 1.82) is 0 Å². The van der Waals surface area contributed by atoms with Crippen molar-refractivity contribution in [3.63, 3.8) is 0 Å². The molecule has 13 heteroatoms. The maximum absolute atomic E-state index is 15.8. The number of likely N-dealkylation sites (tertiary alicyclic amines) is 1. The third kappa shape index (κ3) is 6.68. The van der Waals surface area contributed by atoms with Gasteiger partial charge >= 0.3 is 12.2 Å². The number of hydrogen-bond acceptors (Lipinski definition) is 9. The Morgan fingerprint density at radius 3 is 2.27 bits per heavy atom. The number of anilines is 2. The van der Waals surface area contributed by atoms with Crippen LogP contribution in [0.5, 0.6) is 0 Å². The molecule has 40 heavy (non-hydrogen) atoms. The molecule has 2 aliphatic rings. The van der Waals surface area contributed by atoms with Gasteiger partial charge in [0.05, 0.1) is 5.51 Å². The van der Waals surface area contributed by atoms with Crippen molar-refractivity contribution >= 4 is 45.1 Å². The summed E-state index contributed by atoms with van der Waals surface area (Å²) in [5, 5.41) is 1.39. The van der Waals surface area contributed by atoms with Crippen LogP contribution in [0.2, 0.25) is 0 Å². The Balaban J connectivity index is 1.67. The van der Waals surface area contributed by atoms with E-state index < -0.39 is 44.1 Å². The van der Waals surface area contributed by atoms with Crippen LogP contribution in [0.1, 0.15) is 72.3 Å². The van der Waals surface area contributed by atoms with Gasteiger partial charge < -0.3 is 19.3 Å². The van der Waals surface area contributed by atoms with E-state index in [1.165, 1.54) is 23.0 Å². The van der Waals surface area contributed by atoms with Gasteiger partial charge in [0.2, 0.25) is 0 Å². The molecular formula is C27H37FN4O6S2. The zero-order valence-corrected chi connectivity index (χ0v) is 25.6. The summed E-state index contributed by atoms with van der Waals surface area (Å²) in [4.78, 5) is 32.5. The molecule has 1 saturated carbocycles. The summed E-state index contributed by atoms with van der Waals surface area (Å²) in [6.45, 7) is 11.2. The molecule has 1 unspecified atom stereocenters.